The molecule has 0 radical (unpaired) electrons. The molecule has 0 saturated carbocycles. The summed E-state index contributed by atoms with van der Waals surface area (Å²) in [6, 6.07) is 8.31. The largest absolute Gasteiger partial charge is 0.481 e. The summed E-state index contributed by atoms with van der Waals surface area (Å²) in [5.74, 6) is 6.52. The lowest BCUT2D eigenvalue weighted by Crippen LogP contribution is -2.47. The van der Waals surface area contributed by atoms with Gasteiger partial charge in [0.1, 0.15) is 0 Å². The SMILES string of the molecule is COc1cc(OC)nc(SC(C(=O)N(N)c2ccc(Cl)cc2)C(C)(C)C)n1. The van der Waals surface area contributed by atoms with Crippen LogP contribution in [0.3, 0.4) is 0 Å². The molecule has 1 aromatic heterocycles. The molecule has 0 fully saturated rings. The number of ether oxygens (including phenoxy) is 2. The zero-order valence-corrected chi connectivity index (χ0v) is 17.5. The van der Waals surface area contributed by atoms with Gasteiger partial charge in [-0.25, -0.2) is 10.9 Å². The number of nitrogens with two attached hydrogens (primary N) is 1. The lowest BCUT2D eigenvalue weighted by atomic mass is 9.91. The van der Waals surface area contributed by atoms with E-state index in [-0.39, 0.29) is 5.91 Å². The summed E-state index contributed by atoms with van der Waals surface area (Å²) in [5, 5.41) is 1.51. The Morgan fingerprint density at radius 2 is 1.67 bits per heavy atom. The maximum Gasteiger partial charge on any atom is 0.255 e. The molecule has 1 aromatic carbocycles. The van der Waals surface area contributed by atoms with E-state index in [1.807, 2.05) is 20.8 Å². The Bertz CT molecular complexity index is 774. The summed E-state index contributed by atoms with van der Waals surface area (Å²) >= 11 is 7.12. The molecule has 146 valence electrons. The van der Waals surface area contributed by atoms with Gasteiger partial charge in [0.05, 0.1) is 31.2 Å². The summed E-state index contributed by atoms with van der Waals surface area (Å²) < 4.78 is 10.4. The molecule has 2 aromatic rings. The number of anilines is 1. The quantitative estimate of drug-likeness (QED) is 0.256. The molecular weight excluding hydrogens is 388 g/mol. The maximum absolute atomic E-state index is 13.1. The van der Waals surface area contributed by atoms with E-state index in [4.69, 9.17) is 26.9 Å². The van der Waals surface area contributed by atoms with Crippen molar-refractivity contribution in [2.24, 2.45) is 11.3 Å². The van der Waals surface area contributed by atoms with Gasteiger partial charge in [-0.2, -0.15) is 9.97 Å². The van der Waals surface area contributed by atoms with E-state index in [0.29, 0.717) is 27.6 Å². The van der Waals surface area contributed by atoms with Crippen LogP contribution in [-0.2, 0) is 4.79 Å². The van der Waals surface area contributed by atoms with Crippen LogP contribution in [0.4, 0.5) is 5.69 Å². The number of halogens is 1. The molecule has 2 N–H and O–H groups in total. The van der Waals surface area contributed by atoms with Gasteiger partial charge in [0.25, 0.3) is 5.91 Å². The van der Waals surface area contributed by atoms with Crippen molar-refractivity contribution in [3.63, 3.8) is 0 Å². The van der Waals surface area contributed by atoms with E-state index in [2.05, 4.69) is 9.97 Å². The third-order valence-electron chi connectivity index (χ3n) is 3.65. The smallest absolute Gasteiger partial charge is 0.255 e. The monoisotopic (exact) mass is 410 g/mol. The third kappa shape index (κ3) is 5.47. The van der Waals surface area contributed by atoms with Crippen molar-refractivity contribution >= 4 is 35.0 Å². The number of thioether (sulfide) groups is 1. The van der Waals surface area contributed by atoms with Crippen LogP contribution in [0.15, 0.2) is 35.5 Å². The first-order valence-corrected chi connectivity index (χ1v) is 9.39. The Morgan fingerprint density at radius 1 is 1.15 bits per heavy atom. The second kappa shape index (κ2) is 8.77. The highest BCUT2D eigenvalue weighted by molar-refractivity contribution is 8.00. The van der Waals surface area contributed by atoms with Crippen LogP contribution in [0.2, 0.25) is 5.02 Å². The molecule has 2 rings (SSSR count). The van der Waals surface area contributed by atoms with Crippen LogP contribution in [0.5, 0.6) is 11.8 Å². The number of carbonyl (C=O) groups excluding carboxylic acids is 1. The molecule has 0 aliphatic rings. The van der Waals surface area contributed by atoms with Crippen LogP contribution < -0.4 is 20.3 Å². The fourth-order valence-electron chi connectivity index (χ4n) is 2.20. The molecule has 9 heteroatoms. The molecule has 27 heavy (non-hydrogen) atoms. The highest BCUT2D eigenvalue weighted by atomic mass is 35.5. The molecule has 1 atom stereocenters. The summed E-state index contributed by atoms with van der Waals surface area (Å²) in [6.07, 6.45) is 0. The number of benzene rings is 1. The van der Waals surface area contributed by atoms with Crippen LogP contribution in [0.25, 0.3) is 0 Å². The molecule has 1 unspecified atom stereocenters. The van der Waals surface area contributed by atoms with Crippen LogP contribution >= 0.6 is 23.4 Å². The minimum absolute atomic E-state index is 0.278. The summed E-state index contributed by atoms with van der Waals surface area (Å²) in [4.78, 5) is 21.7. The van der Waals surface area contributed by atoms with Crippen molar-refractivity contribution in [2.75, 3.05) is 19.2 Å². The number of nitrogens with zero attached hydrogens (tertiary/aromatic N) is 3. The van der Waals surface area contributed by atoms with Gasteiger partial charge in [-0.15, -0.1) is 0 Å². The van der Waals surface area contributed by atoms with Crippen molar-refractivity contribution in [3.8, 4) is 11.8 Å². The average molecular weight is 411 g/mol. The lowest BCUT2D eigenvalue weighted by Gasteiger charge is -2.31. The van der Waals surface area contributed by atoms with E-state index in [9.17, 15) is 4.79 Å². The number of hydrogen-bond donors (Lipinski definition) is 1. The van der Waals surface area contributed by atoms with Crippen LogP contribution in [-0.4, -0.2) is 35.3 Å². The second-order valence-corrected chi connectivity index (χ2v) is 8.29. The first-order chi connectivity index (χ1) is 12.7. The molecule has 0 aliphatic heterocycles. The first-order valence-electron chi connectivity index (χ1n) is 8.13. The van der Waals surface area contributed by atoms with Gasteiger partial charge in [-0.05, 0) is 29.7 Å². The van der Waals surface area contributed by atoms with Crippen LogP contribution in [0.1, 0.15) is 20.8 Å². The number of amides is 1. The van der Waals surface area contributed by atoms with Crippen LogP contribution in [0, 0.1) is 5.41 Å². The standard InChI is InChI=1S/C18H23ClN4O3S/c1-18(2,3)15(16(24)23(20)12-8-6-11(19)7-9-12)27-17-21-13(25-4)10-14(22-17)26-5/h6-10,15H,20H2,1-5H3. The predicted molar refractivity (Wildman–Crippen MR) is 107 cm³/mol. The van der Waals surface area contributed by atoms with Crippen molar-refractivity contribution in [3.05, 3.63) is 35.4 Å². The Labute approximate surface area is 168 Å². The minimum Gasteiger partial charge on any atom is -0.481 e. The molecule has 7 nitrogen and oxygen atoms in total. The van der Waals surface area contributed by atoms with Crippen molar-refractivity contribution in [1.29, 1.82) is 0 Å². The zero-order chi connectivity index (χ0) is 20.2. The Morgan fingerprint density at radius 3 is 2.11 bits per heavy atom. The number of carbonyl (C=O) groups is 1. The van der Waals surface area contributed by atoms with Gasteiger partial charge >= 0.3 is 0 Å². The molecule has 1 amide bonds. The highest BCUT2D eigenvalue weighted by Gasteiger charge is 2.36. The predicted octanol–water partition coefficient (Wildman–Crippen LogP) is 3.56. The Kier molecular flexibility index (Phi) is 6.91. The number of hydrazine groups is 1. The summed E-state index contributed by atoms with van der Waals surface area (Å²) in [7, 11) is 3.01. The molecule has 0 aliphatic carbocycles. The van der Waals surface area contributed by atoms with E-state index < -0.39 is 10.7 Å². The fourth-order valence-corrected chi connectivity index (χ4v) is 3.39. The Balaban J connectivity index is 2.33. The minimum atomic E-state index is -0.546. The molecule has 0 saturated heterocycles. The third-order valence-corrected chi connectivity index (χ3v) is 5.44. The van der Waals surface area contributed by atoms with Gasteiger partial charge in [0.15, 0.2) is 5.16 Å². The van der Waals surface area contributed by atoms with Gasteiger partial charge < -0.3 is 9.47 Å². The summed E-state index contributed by atoms with van der Waals surface area (Å²) in [6.45, 7) is 5.86. The van der Waals surface area contributed by atoms with E-state index >= 15 is 0 Å². The molecular formula is C18H23ClN4O3S. The topological polar surface area (TPSA) is 90.6 Å². The maximum atomic E-state index is 13.1. The van der Waals surface area contributed by atoms with Crippen molar-refractivity contribution < 1.29 is 14.3 Å². The van der Waals surface area contributed by atoms with E-state index in [0.717, 1.165) is 5.01 Å². The lowest BCUT2D eigenvalue weighted by molar-refractivity contribution is -0.119. The molecule has 0 spiro atoms. The number of methoxy groups -OCH3 is 2. The first kappa shape index (κ1) is 21.3. The van der Waals surface area contributed by atoms with Crippen molar-refractivity contribution in [1.82, 2.24) is 9.97 Å². The molecule has 1 heterocycles. The average Bonchev–Trinajstić information content (AvgIpc) is 2.64. The van der Waals surface area contributed by atoms with Gasteiger partial charge in [-0.1, -0.05) is 44.1 Å². The Hall–Kier alpha value is -2.03. The van der Waals surface area contributed by atoms with Gasteiger partial charge in [0.2, 0.25) is 11.8 Å². The number of hydrogen-bond acceptors (Lipinski definition) is 7. The number of aromatic nitrogens is 2. The van der Waals surface area contributed by atoms with Gasteiger partial charge in [0, 0.05) is 5.02 Å². The van der Waals surface area contributed by atoms with E-state index in [1.165, 1.54) is 26.0 Å². The fraction of sp³-hybridized carbons (Fsp3) is 0.389. The van der Waals surface area contributed by atoms with Gasteiger partial charge in [-0.3, -0.25) is 4.79 Å². The van der Waals surface area contributed by atoms with Crippen molar-refractivity contribution in [2.45, 2.75) is 31.2 Å². The van der Waals surface area contributed by atoms with E-state index in [1.54, 1.807) is 30.3 Å². The zero-order valence-electron chi connectivity index (χ0n) is 15.9. The normalized spacial score (nSPS) is 12.4. The second-order valence-electron chi connectivity index (χ2n) is 6.78. The molecule has 0 bridgehead atoms. The summed E-state index contributed by atoms with van der Waals surface area (Å²) in [5.41, 5.74) is 0.134. The number of rotatable bonds is 6. The highest BCUT2D eigenvalue weighted by Crippen LogP contribution is 2.36.